The van der Waals surface area contributed by atoms with Crippen molar-refractivity contribution >= 4 is 6.09 Å². The highest BCUT2D eigenvalue weighted by Crippen LogP contribution is 2.20. The molecular weight excluding hydrogens is 192 g/mol. The number of hydrogen-bond donors (Lipinski definition) is 0. The van der Waals surface area contributed by atoms with Crippen LogP contribution in [0, 0.1) is 5.92 Å². The van der Waals surface area contributed by atoms with Crippen molar-refractivity contribution in [2.75, 3.05) is 27.2 Å². The van der Waals surface area contributed by atoms with Gasteiger partial charge in [-0.25, -0.2) is 4.79 Å². The van der Waals surface area contributed by atoms with Gasteiger partial charge in [-0.15, -0.1) is 0 Å². The minimum atomic E-state index is -0.179. The molecule has 1 aliphatic rings. The number of rotatable bonds is 2. The molecule has 0 N–H and O–H groups in total. The van der Waals surface area contributed by atoms with Crippen molar-refractivity contribution in [1.82, 2.24) is 9.80 Å². The van der Waals surface area contributed by atoms with Gasteiger partial charge in [0.05, 0.1) is 6.10 Å². The van der Waals surface area contributed by atoms with Crippen LogP contribution in [0.1, 0.15) is 20.8 Å². The van der Waals surface area contributed by atoms with E-state index in [0.717, 1.165) is 13.1 Å². The summed E-state index contributed by atoms with van der Waals surface area (Å²) in [5.74, 6) is 0.514. The van der Waals surface area contributed by atoms with Crippen molar-refractivity contribution < 1.29 is 9.53 Å². The van der Waals surface area contributed by atoms with E-state index < -0.39 is 0 Å². The molecule has 0 radical (unpaired) electrons. The molecule has 1 rings (SSSR count). The molecule has 0 aromatic carbocycles. The molecule has 0 spiro atoms. The van der Waals surface area contributed by atoms with Crippen LogP contribution in [0.25, 0.3) is 0 Å². The number of hydrogen-bond acceptors (Lipinski definition) is 3. The van der Waals surface area contributed by atoms with Gasteiger partial charge in [0.1, 0.15) is 0 Å². The Kier molecular flexibility index (Phi) is 3.97. The fraction of sp³-hybridized carbons (Fsp3) is 0.909. The third-order valence-electron chi connectivity index (χ3n) is 2.83. The Balaban J connectivity index is 2.50. The largest absolute Gasteiger partial charge is 0.447 e. The van der Waals surface area contributed by atoms with Crippen molar-refractivity contribution in [3.05, 3.63) is 0 Å². The molecular formula is C11H22N2O2. The summed E-state index contributed by atoms with van der Waals surface area (Å²) >= 11 is 0. The molecule has 1 fully saturated rings. The van der Waals surface area contributed by atoms with Crippen LogP contribution in [-0.4, -0.2) is 55.2 Å². The lowest BCUT2D eigenvalue weighted by Crippen LogP contribution is -2.36. The second-order valence-corrected chi connectivity index (χ2v) is 4.85. The molecule has 0 aromatic rings. The third-order valence-corrected chi connectivity index (χ3v) is 2.83. The molecule has 4 nitrogen and oxygen atoms in total. The van der Waals surface area contributed by atoms with Crippen molar-refractivity contribution in [3.8, 4) is 0 Å². The first-order valence-corrected chi connectivity index (χ1v) is 5.53. The SMILES string of the molecule is CC(C)OC(=O)N1CC(C)C(N(C)C)C1. The average molecular weight is 214 g/mol. The summed E-state index contributed by atoms with van der Waals surface area (Å²) in [5, 5.41) is 0. The highest BCUT2D eigenvalue weighted by Gasteiger charge is 2.34. The number of ether oxygens (including phenoxy) is 1. The highest BCUT2D eigenvalue weighted by molar-refractivity contribution is 5.68. The van der Waals surface area contributed by atoms with Crippen LogP contribution < -0.4 is 0 Å². The molecule has 1 saturated heterocycles. The van der Waals surface area contributed by atoms with Gasteiger partial charge in [0.2, 0.25) is 0 Å². The molecule has 2 atom stereocenters. The van der Waals surface area contributed by atoms with E-state index in [1.165, 1.54) is 0 Å². The molecule has 15 heavy (non-hydrogen) atoms. The van der Waals surface area contributed by atoms with E-state index in [1.54, 1.807) is 4.90 Å². The Labute approximate surface area is 92.2 Å². The van der Waals surface area contributed by atoms with Gasteiger partial charge in [0, 0.05) is 19.1 Å². The van der Waals surface area contributed by atoms with E-state index >= 15 is 0 Å². The lowest BCUT2D eigenvalue weighted by atomic mass is 10.1. The van der Waals surface area contributed by atoms with Crippen LogP contribution >= 0.6 is 0 Å². The number of carbonyl (C=O) groups excluding carboxylic acids is 1. The van der Waals surface area contributed by atoms with Crippen LogP contribution in [0.5, 0.6) is 0 Å². The minimum absolute atomic E-state index is 0.0359. The van der Waals surface area contributed by atoms with Gasteiger partial charge < -0.3 is 14.5 Å². The maximum Gasteiger partial charge on any atom is 0.410 e. The van der Waals surface area contributed by atoms with E-state index in [-0.39, 0.29) is 12.2 Å². The molecule has 1 aliphatic heterocycles. The van der Waals surface area contributed by atoms with Gasteiger partial charge in [-0.05, 0) is 33.9 Å². The van der Waals surface area contributed by atoms with Crippen LogP contribution in [0.4, 0.5) is 4.79 Å². The Morgan fingerprint density at radius 2 is 2.00 bits per heavy atom. The Morgan fingerprint density at radius 1 is 1.40 bits per heavy atom. The summed E-state index contributed by atoms with van der Waals surface area (Å²) in [6.07, 6.45) is -0.215. The first-order chi connectivity index (χ1) is 6.91. The zero-order valence-corrected chi connectivity index (χ0v) is 10.4. The summed E-state index contributed by atoms with van der Waals surface area (Å²) in [6.45, 7) is 7.50. The molecule has 88 valence electrons. The molecule has 4 heteroatoms. The average Bonchev–Trinajstić information content (AvgIpc) is 2.46. The topological polar surface area (TPSA) is 32.8 Å². The van der Waals surface area contributed by atoms with Crippen LogP contribution in [0.2, 0.25) is 0 Å². The van der Waals surface area contributed by atoms with Crippen LogP contribution in [-0.2, 0) is 4.74 Å². The summed E-state index contributed by atoms with van der Waals surface area (Å²) < 4.78 is 5.18. The minimum Gasteiger partial charge on any atom is -0.447 e. The normalized spacial score (nSPS) is 26.5. The number of likely N-dealkylation sites (N-methyl/N-ethyl adjacent to an activating group) is 1. The Hall–Kier alpha value is -0.770. The molecule has 1 amide bonds. The van der Waals surface area contributed by atoms with E-state index in [4.69, 9.17) is 4.74 Å². The fourth-order valence-corrected chi connectivity index (χ4v) is 2.05. The maximum atomic E-state index is 11.7. The third kappa shape index (κ3) is 3.09. The second-order valence-electron chi connectivity index (χ2n) is 4.85. The van der Waals surface area contributed by atoms with Crippen molar-refractivity contribution in [2.24, 2.45) is 5.92 Å². The summed E-state index contributed by atoms with van der Waals surface area (Å²) in [7, 11) is 4.11. The maximum absolute atomic E-state index is 11.7. The molecule has 1 heterocycles. The molecule has 0 bridgehead atoms. The fourth-order valence-electron chi connectivity index (χ4n) is 2.05. The second kappa shape index (κ2) is 4.84. The van der Waals surface area contributed by atoms with Gasteiger partial charge in [0.15, 0.2) is 0 Å². The Bertz CT molecular complexity index is 229. The molecule has 0 aromatic heterocycles. The molecule has 2 unspecified atom stereocenters. The van der Waals surface area contributed by atoms with Crippen molar-refractivity contribution in [3.63, 3.8) is 0 Å². The zero-order valence-electron chi connectivity index (χ0n) is 10.4. The lowest BCUT2D eigenvalue weighted by molar-refractivity contribution is 0.0815. The van der Waals surface area contributed by atoms with Gasteiger partial charge in [-0.1, -0.05) is 6.92 Å². The molecule has 0 aliphatic carbocycles. The van der Waals surface area contributed by atoms with E-state index in [1.807, 2.05) is 13.8 Å². The lowest BCUT2D eigenvalue weighted by Gasteiger charge is -2.22. The Morgan fingerprint density at radius 3 is 2.40 bits per heavy atom. The highest BCUT2D eigenvalue weighted by atomic mass is 16.6. The smallest absolute Gasteiger partial charge is 0.410 e. The number of amides is 1. The summed E-state index contributed by atoms with van der Waals surface area (Å²) in [6, 6.07) is 0.449. The standard InChI is InChI=1S/C11H22N2O2/c1-8(2)15-11(14)13-6-9(3)10(7-13)12(4)5/h8-10H,6-7H2,1-5H3. The van der Waals surface area contributed by atoms with Gasteiger partial charge in [-0.3, -0.25) is 0 Å². The number of nitrogens with zero attached hydrogens (tertiary/aromatic N) is 2. The molecule has 0 saturated carbocycles. The van der Waals surface area contributed by atoms with E-state index in [0.29, 0.717) is 12.0 Å². The predicted octanol–water partition coefficient (Wildman–Crippen LogP) is 1.41. The number of likely N-dealkylation sites (tertiary alicyclic amines) is 1. The van der Waals surface area contributed by atoms with Crippen LogP contribution in [0.15, 0.2) is 0 Å². The van der Waals surface area contributed by atoms with Crippen molar-refractivity contribution in [2.45, 2.75) is 32.9 Å². The van der Waals surface area contributed by atoms with Crippen molar-refractivity contribution in [1.29, 1.82) is 0 Å². The van der Waals surface area contributed by atoms with Crippen LogP contribution in [0.3, 0.4) is 0 Å². The monoisotopic (exact) mass is 214 g/mol. The number of carbonyl (C=O) groups is 1. The zero-order chi connectivity index (χ0) is 11.6. The summed E-state index contributed by atoms with van der Waals surface area (Å²) in [5.41, 5.74) is 0. The predicted molar refractivity (Wildman–Crippen MR) is 59.8 cm³/mol. The quantitative estimate of drug-likeness (QED) is 0.697. The first kappa shape index (κ1) is 12.3. The summed E-state index contributed by atoms with van der Waals surface area (Å²) in [4.78, 5) is 15.6. The van der Waals surface area contributed by atoms with E-state index in [9.17, 15) is 4.79 Å². The first-order valence-electron chi connectivity index (χ1n) is 5.53. The van der Waals surface area contributed by atoms with Gasteiger partial charge >= 0.3 is 6.09 Å². The van der Waals surface area contributed by atoms with Gasteiger partial charge in [-0.2, -0.15) is 0 Å². The van der Waals surface area contributed by atoms with Gasteiger partial charge in [0.25, 0.3) is 0 Å². The van der Waals surface area contributed by atoms with E-state index in [2.05, 4.69) is 25.9 Å².